The molecule has 0 aromatic heterocycles. The number of halogens is 1. The molecule has 0 bridgehead atoms. The predicted molar refractivity (Wildman–Crippen MR) is 67.7 cm³/mol. The zero-order valence-electron chi connectivity index (χ0n) is 9.87. The van der Waals surface area contributed by atoms with Crippen LogP contribution in [0.25, 0.3) is 0 Å². The molecule has 0 aromatic carbocycles. The topological polar surface area (TPSA) is 32.3 Å². The molecule has 16 heavy (non-hydrogen) atoms. The van der Waals surface area contributed by atoms with Crippen molar-refractivity contribution in [2.24, 2.45) is 11.3 Å². The van der Waals surface area contributed by atoms with Crippen molar-refractivity contribution in [1.29, 1.82) is 0 Å². The summed E-state index contributed by atoms with van der Waals surface area (Å²) in [6, 6.07) is 0. The summed E-state index contributed by atoms with van der Waals surface area (Å²) in [5.41, 5.74) is 0.359. The molecular formula is C12H21ClN2O. The Labute approximate surface area is 104 Å². The Morgan fingerprint density at radius 2 is 2.19 bits per heavy atom. The molecule has 3 nitrogen and oxygen atoms in total. The number of rotatable bonds is 3. The predicted octanol–water partition coefficient (Wildman–Crippen LogP) is 1.44. The number of carbonyl (C=O) groups is 1. The number of amides is 1. The molecule has 1 aliphatic carbocycles. The van der Waals surface area contributed by atoms with Crippen molar-refractivity contribution in [1.82, 2.24) is 10.2 Å². The molecule has 2 fully saturated rings. The first-order valence-corrected chi connectivity index (χ1v) is 5.76. The number of nitrogens with zero attached hydrogens (tertiary/aromatic N) is 1. The van der Waals surface area contributed by atoms with Crippen LogP contribution in [-0.4, -0.2) is 37.5 Å². The Morgan fingerprint density at radius 1 is 1.56 bits per heavy atom. The van der Waals surface area contributed by atoms with Crippen LogP contribution in [0, 0.1) is 11.3 Å². The minimum Gasteiger partial charge on any atom is -0.342 e. The third-order valence-corrected chi connectivity index (χ3v) is 3.87. The van der Waals surface area contributed by atoms with E-state index in [4.69, 9.17) is 0 Å². The highest BCUT2D eigenvalue weighted by Crippen LogP contribution is 2.59. The summed E-state index contributed by atoms with van der Waals surface area (Å²) >= 11 is 0. The minimum absolute atomic E-state index is 0. The standard InChI is InChI=1S/C12H20N2O.ClH/c1-3-8-14(2)11(15)10-9-12(10)4-6-13-7-5-12;/h3,10,13H,1,4-9H2,2H3;1H. The van der Waals surface area contributed by atoms with Crippen LogP contribution < -0.4 is 5.32 Å². The lowest BCUT2D eigenvalue weighted by Crippen LogP contribution is -2.34. The molecule has 2 aliphatic rings. The second-order valence-electron chi connectivity index (χ2n) is 4.88. The normalized spacial score (nSPS) is 25.7. The molecule has 1 saturated heterocycles. The molecule has 1 spiro atoms. The molecule has 0 radical (unpaired) electrons. The van der Waals surface area contributed by atoms with E-state index in [1.165, 1.54) is 12.8 Å². The highest BCUT2D eigenvalue weighted by atomic mass is 35.5. The van der Waals surface area contributed by atoms with Crippen LogP contribution >= 0.6 is 12.4 Å². The van der Waals surface area contributed by atoms with E-state index in [9.17, 15) is 4.79 Å². The van der Waals surface area contributed by atoms with Crippen LogP contribution in [0.1, 0.15) is 19.3 Å². The number of carbonyl (C=O) groups excluding carboxylic acids is 1. The van der Waals surface area contributed by atoms with Crippen LogP contribution in [-0.2, 0) is 4.79 Å². The van der Waals surface area contributed by atoms with E-state index in [2.05, 4.69) is 11.9 Å². The molecule has 2 rings (SSSR count). The SMILES string of the molecule is C=CCN(C)C(=O)C1CC12CCNCC2.Cl. The number of hydrogen-bond acceptors (Lipinski definition) is 2. The zero-order chi connectivity index (χ0) is 10.9. The Hall–Kier alpha value is -0.540. The highest BCUT2D eigenvalue weighted by Gasteiger charge is 2.58. The quantitative estimate of drug-likeness (QED) is 0.762. The largest absolute Gasteiger partial charge is 0.342 e. The van der Waals surface area contributed by atoms with E-state index in [0.29, 0.717) is 23.8 Å². The van der Waals surface area contributed by atoms with Gasteiger partial charge in [0.1, 0.15) is 0 Å². The van der Waals surface area contributed by atoms with Crippen LogP contribution in [0.3, 0.4) is 0 Å². The lowest BCUT2D eigenvalue weighted by atomic mass is 9.91. The Morgan fingerprint density at radius 3 is 2.75 bits per heavy atom. The second kappa shape index (κ2) is 5.19. The van der Waals surface area contributed by atoms with Gasteiger partial charge in [0.25, 0.3) is 0 Å². The van der Waals surface area contributed by atoms with Gasteiger partial charge in [-0.25, -0.2) is 0 Å². The summed E-state index contributed by atoms with van der Waals surface area (Å²) in [6.07, 6.45) is 5.24. The molecule has 0 aromatic rings. The van der Waals surface area contributed by atoms with Crippen molar-refractivity contribution in [3.05, 3.63) is 12.7 Å². The van der Waals surface area contributed by atoms with Crippen molar-refractivity contribution in [2.75, 3.05) is 26.7 Å². The van der Waals surface area contributed by atoms with Crippen molar-refractivity contribution in [3.63, 3.8) is 0 Å². The van der Waals surface area contributed by atoms with Gasteiger partial charge in [-0.1, -0.05) is 6.08 Å². The van der Waals surface area contributed by atoms with E-state index in [0.717, 1.165) is 19.5 Å². The maximum absolute atomic E-state index is 12.0. The van der Waals surface area contributed by atoms with Gasteiger partial charge in [-0.2, -0.15) is 0 Å². The van der Waals surface area contributed by atoms with E-state index in [1.54, 1.807) is 11.0 Å². The molecule has 1 N–H and O–H groups in total. The Bertz CT molecular complexity index is 274. The van der Waals surface area contributed by atoms with Gasteiger partial charge in [-0.05, 0) is 37.8 Å². The summed E-state index contributed by atoms with van der Waals surface area (Å²) in [6.45, 7) is 6.49. The molecule has 4 heteroatoms. The van der Waals surface area contributed by atoms with Gasteiger partial charge in [0, 0.05) is 19.5 Å². The minimum atomic E-state index is 0. The summed E-state index contributed by atoms with van der Waals surface area (Å²) in [7, 11) is 1.87. The van der Waals surface area contributed by atoms with E-state index in [-0.39, 0.29) is 12.4 Å². The summed E-state index contributed by atoms with van der Waals surface area (Å²) in [5.74, 6) is 0.612. The van der Waals surface area contributed by atoms with Gasteiger partial charge >= 0.3 is 0 Å². The Kier molecular flexibility index (Phi) is 4.39. The van der Waals surface area contributed by atoms with E-state index in [1.807, 2.05) is 7.05 Å². The van der Waals surface area contributed by atoms with E-state index < -0.39 is 0 Å². The highest BCUT2D eigenvalue weighted by molar-refractivity contribution is 5.85. The van der Waals surface area contributed by atoms with Gasteiger partial charge in [0.2, 0.25) is 5.91 Å². The Balaban J connectivity index is 0.00000128. The lowest BCUT2D eigenvalue weighted by Gasteiger charge is -2.24. The van der Waals surface area contributed by atoms with Crippen molar-refractivity contribution < 1.29 is 4.79 Å². The molecular weight excluding hydrogens is 224 g/mol. The average Bonchev–Trinajstić information content (AvgIpc) is 2.92. The van der Waals surface area contributed by atoms with E-state index >= 15 is 0 Å². The first kappa shape index (κ1) is 13.5. The molecule has 1 amide bonds. The maximum Gasteiger partial charge on any atom is 0.226 e. The molecule has 1 atom stereocenters. The fourth-order valence-electron chi connectivity index (χ4n) is 2.72. The summed E-state index contributed by atoms with van der Waals surface area (Å²) < 4.78 is 0. The number of nitrogens with one attached hydrogen (secondary N) is 1. The van der Waals surface area contributed by atoms with Gasteiger partial charge in [0.15, 0.2) is 0 Å². The first-order valence-electron chi connectivity index (χ1n) is 5.76. The maximum atomic E-state index is 12.0. The fraction of sp³-hybridized carbons (Fsp3) is 0.750. The fourth-order valence-corrected chi connectivity index (χ4v) is 2.72. The van der Waals surface area contributed by atoms with Crippen molar-refractivity contribution in [3.8, 4) is 0 Å². The first-order chi connectivity index (χ1) is 7.19. The zero-order valence-corrected chi connectivity index (χ0v) is 10.7. The van der Waals surface area contributed by atoms with Crippen LogP contribution in [0.4, 0.5) is 0 Å². The monoisotopic (exact) mass is 244 g/mol. The van der Waals surface area contributed by atoms with Crippen LogP contribution in [0.15, 0.2) is 12.7 Å². The molecule has 1 heterocycles. The number of likely N-dealkylation sites (N-methyl/N-ethyl adjacent to an activating group) is 1. The molecule has 1 aliphatic heterocycles. The van der Waals surface area contributed by atoms with Crippen molar-refractivity contribution >= 4 is 18.3 Å². The summed E-state index contributed by atoms with van der Waals surface area (Å²) in [4.78, 5) is 13.8. The van der Waals surface area contributed by atoms with Crippen LogP contribution in [0.2, 0.25) is 0 Å². The second-order valence-corrected chi connectivity index (χ2v) is 4.88. The number of hydrogen-bond donors (Lipinski definition) is 1. The van der Waals surface area contributed by atoms with Gasteiger partial charge in [-0.3, -0.25) is 4.79 Å². The van der Waals surface area contributed by atoms with Crippen LogP contribution in [0.5, 0.6) is 0 Å². The molecule has 1 saturated carbocycles. The van der Waals surface area contributed by atoms with Crippen molar-refractivity contribution in [2.45, 2.75) is 19.3 Å². The summed E-state index contributed by atoms with van der Waals surface area (Å²) in [5, 5.41) is 3.35. The lowest BCUT2D eigenvalue weighted by molar-refractivity contribution is -0.131. The smallest absolute Gasteiger partial charge is 0.226 e. The third-order valence-electron chi connectivity index (χ3n) is 3.87. The molecule has 92 valence electrons. The third kappa shape index (κ3) is 2.41. The van der Waals surface area contributed by atoms with Gasteiger partial charge in [-0.15, -0.1) is 19.0 Å². The average molecular weight is 245 g/mol. The van der Waals surface area contributed by atoms with Gasteiger partial charge < -0.3 is 10.2 Å². The number of piperidine rings is 1. The molecule has 1 unspecified atom stereocenters. The van der Waals surface area contributed by atoms with Gasteiger partial charge in [0.05, 0.1) is 0 Å².